The highest BCUT2D eigenvalue weighted by molar-refractivity contribution is 5.94. The molecule has 2 heterocycles. The molecule has 0 spiro atoms. The molecule has 0 fully saturated rings. The highest BCUT2D eigenvalue weighted by atomic mass is 16.1. The third-order valence-electron chi connectivity index (χ3n) is 3.73. The number of hydrogen-bond acceptors (Lipinski definition) is 5. The number of benzene rings is 1. The normalized spacial score (nSPS) is 11.6. The summed E-state index contributed by atoms with van der Waals surface area (Å²) in [6.45, 7) is 0. The Morgan fingerprint density at radius 1 is 0.960 bits per heavy atom. The van der Waals surface area contributed by atoms with Crippen molar-refractivity contribution in [3.63, 3.8) is 0 Å². The second kappa shape index (κ2) is 7.53. The zero-order valence-corrected chi connectivity index (χ0v) is 14.1. The van der Waals surface area contributed by atoms with E-state index in [1.54, 1.807) is 17.3 Å². The maximum Gasteiger partial charge on any atom is 0.255 e. The number of hydrogen-bond donors (Lipinski definition) is 1. The van der Waals surface area contributed by atoms with Gasteiger partial charge >= 0.3 is 0 Å². The molecule has 1 unspecified atom stereocenters. The van der Waals surface area contributed by atoms with Crippen LogP contribution in [-0.4, -0.2) is 35.0 Å². The first-order valence-electron chi connectivity index (χ1n) is 7.90. The van der Waals surface area contributed by atoms with Gasteiger partial charge in [0.2, 0.25) is 5.95 Å². The molecule has 0 aliphatic heterocycles. The van der Waals surface area contributed by atoms with Crippen LogP contribution in [0, 0.1) is 0 Å². The van der Waals surface area contributed by atoms with Gasteiger partial charge in [0.15, 0.2) is 0 Å². The molecule has 0 aliphatic rings. The Morgan fingerprint density at radius 2 is 1.64 bits per heavy atom. The number of carbonyl (C=O) groups is 1. The second-order valence-electron chi connectivity index (χ2n) is 5.77. The van der Waals surface area contributed by atoms with Crippen LogP contribution in [0.3, 0.4) is 0 Å². The van der Waals surface area contributed by atoms with Gasteiger partial charge in [0.25, 0.3) is 5.91 Å². The van der Waals surface area contributed by atoms with Crippen LogP contribution < -0.4 is 10.2 Å². The van der Waals surface area contributed by atoms with Crippen LogP contribution in [0.15, 0.2) is 67.3 Å². The molecule has 1 amide bonds. The van der Waals surface area contributed by atoms with E-state index < -0.39 is 0 Å². The van der Waals surface area contributed by atoms with Gasteiger partial charge in [0.05, 0.1) is 11.6 Å². The van der Waals surface area contributed by atoms with E-state index in [9.17, 15) is 4.79 Å². The molecule has 0 bridgehead atoms. The lowest BCUT2D eigenvalue weighted by atomic mass is 10.00. The summed E-state index contributed by atoms with van der Waals surface area (Å²) in [6.07, 6.45) is 6.52. The topological polar surface area (TPSA) is 71.0 Å². The summed E-state index contributed by atoms with van der Waals surface area (Å²) in [5.74, 6) is 0.325. The van der Waals surface area contributed by atoms with E-state index in [4.69, 9.17) is 0 Å². The van der Waals surface area contributed by atoms with E-state index in [0.29, 0.717) is 11.5 Å². The summed E-state index contributed by atoms with van der Waals surface area (Å²) in [5.41, 5.74) is 2.30. The quantitative estimate of drug-likeness (QED) is 0.776. The number of carbonyl (C=O) groups excluding carboxylic acids is 1. The van der Waals surface area contributed by atoms with E-state index in [1.165, 1.54) is 12.4 Å². The van der Waals surface area contributed by atoms with Gasteiger partial charge in [0, 0.05) is 38.9 Å². The van der Waals surface area contributed by atoms with Crippen LogP contribution in [0.5, 0.6) is 0 Å². The Kier molecular flexibility index (Phi) is 4.99. The largest absolute Gasteiger partial charge is 0.347 e. The second-order valence-corrected chi connectivity index (χ2v) is 5.77. The predicted molar refractivity (Wildman–Crippen MR) is 96.3 cm³/mol. The molecule has 3 rings (SSSR count). The standard InChI is InChI=1S/C19H19N5O/c1-24(2)19-21-12-16(13-22-19)18(25)23-17(14-7-4-3-5-8-14)15-9-6-10-20-11-15/h3-13,17H,1-2H3,(H,23,25). The molecular formula is C19H19N5O. The summed E-state index contributed by atoms with van der Waals surface area (Å²) >= 11 is 0. The number of nitrogens with one attached hydrogen (secondary N) is 1. The van der Waals surface area contributed by atoms with Gasteiger partial charge in [0.1, 0.15) is 0 Å². The van der Waals surface area contributed by atoms with E-state index in [1.807, 2.05) is 56.6 Å². The number of rotatable bonds is 5. The van der Waals surface area contributed by atoms with E-state index in [2.05, 4.69) is 20.3 Å². The Balaban J connectivity index is 1.86. The van der Waals surface area contributed by atoms with E-state index in [-0.39, 0.29) is 11.9 Å². The zero-order chi connectivity index (χ0) is 17.6. The number of nitrogens with zero attached hydrogens (tertiary/aromatic N) is 4. The molecule has 0 radical (unpaired) electrons. The summed E-state index contributed by atoms with van der Waals surface area (Å²) in [6, 6.07) is 13.3. The summed E-state index contributed by atoms with van der Waals surface area (Å²) in [7, 11) is 3.70. The molecule has 0 saturated heterocycles. The molecule has 1 aromatic carbocycles. The van der Waals surface area contributed by atoms with Crippen LogP contribution in [0.4, 0.5) is 5.95 Å². The summed E-state index contributed by atoms with van der Waals surface area (Å²) < 4.78 is 0. The first-order chi connectivity index (χ1) is 12.1. The highest BCUT2D eigenvalue weighted by Gasteiger charge is 2.18. The van der Waals surface area contributed by atoms with Crippen molar-refractivity contribution < 1.29 is 4.79 Å². The molecule has 6 heteroatoms. The van der Waals surface area contributed by atoms with Crippen molar-refractivity contribution in [1.29, 1.82) is 0 Å². The highest BCUT2D eigenvalue weighted by Crippen LogP contribution is 2.21. The molecule has 0 aliphatic carbocycles. The lowest BCUT2D eigenvalue weighted by molar-refractivity contribution is 0.0942. The fourth-order valence-electron chi connectivity index (χ4n) is 2.44. The molecular weight excluding hydrogens is 314 g/mol. The van der Waals surface area contributed by atoms with Crippen LogP contribution >= 0.6 is 0 Å². The summed E-state index contributed by atoms with van der Waals surface area (Å²) in [5, 5.41) is 3.04. The van der Waals surface area contributed by atoms with Crippen molar-refractivity contribution in [2.24, 2.45) is 0 Å². The third kappa shape index (κ3) is 3.98. The van der Waals surface area contributed by atoms with Crippen LogP contribution in [0.1, 0.15) is 27.5 Å². The van der Waals surface area contributed by atoms with Crippen LogP contribution in [-0.2, 0) is 0 Å². The van der Waals surface area contributed by atoms with Crippen molar-refractivity contribution in [1.82, 2.24) is 20.3 Å². The van der Waals surface area contributed by atoms with Crippen LogP contribution in [0.25, 0.3) is 0 Å². The number of amides is 1. The lowest BCUT2D eigenvalue weighted by Crippen LogP contribution is -2.29. The fraction of sp³-hybridized carbons (Fsp3) is 0.158. The molecule has 1 N–H and O–H groups in total. The smallest absolute Gasteiger partial charge is 0.255 e. The summed E-state index contributed by atoms with van der Waals surface area (Å²) in [4.78, 5) is 27.0. The van der Waals surface area contributed by atoms with Gasteiger partial charge in [-0.15, -0.1) is 0 Å². The number of aromatic nitrogens is 3. The molecule has 3 aromatic rings. The van der Waals surface area contributed by atoms with Gasteiger partial charge in [-0.2, -0.15) is 0 Å². The Morgan fingerprint density at radius 3 is 2.24 bits per heavy atom. The maximum atomic E-state index is 12.7. The Bertz CT molecular complexity index is 780. The Hall–Kier alpha value is -3.28. The lowest BCUT2D eigenvalue weighted by Gasteiger charge is -2.19. The third-order valence-corrected chi connectivity index (χ3v) is 3.73. The Labute approximate surface area is 146 Å². The van der Waals surface area contributed by atoms with Crippen molar-refractivity contribution >= 4 is 11.9 Å². The fourth-order valence-corrected chi connectivity index (χ4v) is 2.44. The predicted octanol–water partition coefficient (Wildman–Crippen LogP) is 2.46. The molecule has 1 atom stereocenters. The van der Waals surface area contributed by atoms with Crippen LogP contribution in [0.2, 0.25) is 0 Å². The van der Waals surface area contributed by atoms with E-state index in [0.717, 1.165) is 11.1 Å². The minimum Gasteiger partial charge on any atom is -0.347 e. The van der Waals surface area contributed by atoms with Crippen molar-refractivity contribution in [3.05, 3.63) is 83.9 Å². The van der Waals surface area contributed by atoms with Crippen molar-refractivity contribution in [3.8, 4) is 0 Å². The average Bonchev–Trinajstić information content (AvgIpc) is 2.67. The van der Waals surface area contributed by atoms with E-state index >= 15 is 0 Å². The van der Waals surface area contributed by atoms with Gasteiger partial charge in [-0.25, -0.2) is 9.97 Å². The minimum absolute atomic E-state index is 0.233. The zero-order valence-electron chi connectivity index (χ0n) is 14.1. The maximum absolute atomic E-state index is 12.7. The monoisotopic (exact) mass is 333 g/mol. The number of anilines is 1. The van der Waals surface area contributed by atoms with Gasteiger partial charge in [-0.05, 0) is 17.2 Å². The first kappa shape index (κ1) is 16.6. The van der Waals surface area contributed by atoms with Crippen molar-refractivity contribution in [2.45, 2.75) is 6.04 Å². The van der Waals surface area contributed by atoms with Gasteiger partial charge in [-0.1, -0.05) is 36.4 Å². The first-order valence-corrected chi connectivity index (χ1v) is 7.90. The minimum atomic E-state index is -0.295. The van der Waals surface area contributed by atoms with Crippen molar-refractivity contribution in [2.75, 3.05) is 19.0 Å². The SMILES string of the molecule is CN(C)c1ncc(C(=O)NC(c2ccccc2)c2cccnc2)cn1. The van der Waals surface area contributed by atoms with Gasteiger partial charge in [-0.3, -0.25) is 9.78 Å². The van der Waals surface area contributed by atoms with Gasteiger partial charge < -0.3 is 10.2 Å². The molecule has 126 valence electrons. The molecule has 6 nitrogen and oxygen atoms in total. The molecule has 0 saturated carbocycles. The number of pyridine rings is 1. The average molecular weight is 333 g/mol. The molecule has 25 heavy (non-hydrogen) atoms. The molecule has 2 aromatic heterocycles.